The van der Waals surface area contributed by atoms with Crippen LogP contribution in [0.4, 0.5) is 5.82 Å². The molecular weight excluding hydrogens is 208 g/mol. The van der Waals surface area contributed by atoms with Crippen LogP contribution in [0.5, 0.6) is 0 Å². The topological polar surface area (TPSA) is 55.0 Å². The van der Waals surface area contributed by atoms with E-state index in [0.717, 1.165) is 17.9 Å². The van der Waals surface area contributed by atoms with E-state index in [9.17, 15) is 0 Å². The third kappa shape index (κ3) is 1.92. The maximum atomic E-state index is 5.66. The molecule has 15 heavy (non-hydrogen) atoms. The maximum Gasteiger partial charge on any atom is 0.161 e. The van der Waals surface area contributed by atoms with Gasteiger partial charge in [-0.25, -0.2) is 0 Å². The second-order valence-corrected chi connectivity index (χ2v) is 4.26. The minimum atomic E-state index is 0.388. The van der Waals surface area contributed by atoms with E-state index in [1.165, 1.54) is 12.8 Å². The molecule has 2 rings (SSSR count). The van der Waals surface area contributed by atoms with Crippen molar-refractivity contribution in [3.05, 3.63) is 17.8 Å². The van der Waals surface area contributed by atoms with E-state index in [2.05, 4.69) is 22.0 Å². The zero-order valence-corrected chi connectivity index (χ0v) is 9.50. The van der Waals surface area contributed by atoms with Crippen LogP contribution in [0.25, 0.3) is 0 Å². The molecule has 80 valence electrons. The molecule has 1 fully saturated rings. The molecule has 1 aliphatic heterocycles. The van der Waals surface area contributed by atoms with Crippen LogP contribution >= 0.6 is 12.2 Å². The molecular formula is C10H14N4S. The van der Waals surface area contributed by atoms with E-state index in [1.807, 2.05) is 6.07 Å². The third-order valence-electron chi connectivity index (χ3n) is 2.79. The van der Waals surface area contributed by atoms with Gasteiger partial charge in [0.15, 0.2) is 5.82 Å². The number of hydrogen-bond donors (Lipinski definition) is 1. The Bertz CT molecular complexity index is 379. The quantitative estimate of drug-likeness (QED) is 0.759. The lowest BCUT2D eigenvalue weighted by Gasteiger charge is -2.23. The average Bonchev–Trinajstić information content (AvgIpc) is 2.64. The van der Waals surface area contributed by atoms with Gasteiger partial charge in [-0.2, -0.15) is 5.10 Å². The van der Waals surface area contributed by atoms with Gasteiger partial charge >= 0.3 is 0 Å². The predicted octanol–water partition coefficient (Wildman–Crippen LogP) is 1.10. The van der Waals surface area contributed by atoms with Crippen molar-refractivity contribution in [3.8, 4) is 0 Å². The van der Waals surface area contributed by atoms with Crippen LogP contribution < -0.4 is 10.6 Å². The van der Waals surface area contributed by atoms with Gasteiger partial charge in [-0.05, 0) is 25.8 Å². The smallest absolute Gasteiger partial charge is 0.161 e. The monoisotopic (exact) mass is 222 g/mol. The fourth-order valence-corrected chi connectivity index (χ4v) is 2.14. The van der Waals surface area contributed by atoms with E-state index < -0.39 is 0 Å². The van der Waals surface area contributed by atoms with Crippen LogP contribution in [0.2, 0.25) is 0 Å². The summed E-state index contributed by atoms with van der Waals surface area (Å²) in [5, 5.41) is 8.04. The highest BCUT2D eigenvalue weighted by atomic mass is 32.1. The third-order valence-corrected chi connectivity index (χ3v) is 3.01. The Morgan fingerprint density at radius 3 is 3.07 bits per heavy atom. The Morgan fingerprint density at radius 1 is 1.67 bits per heavy atom. The molecule has 2 heterocycles. The highest BCUT2D eigenvalue weighted by molar-refractivity contribution is 7.80. The van der Waals surface area contributed by atoms with Crippen LogP contribution in [-0.4, -0.2) is 27.8 Å². The number of anilines is 1. The lowest BCUT2D eigenvalue weighted by atomic mass is 10.2. The minimum Gasteiger partial charge on any atom is -0.389 e. The van der Waals surface area contributed by atoms with Crippen molar-refractivity contribution in [1.29, 1.82) is 0 Å². The number of hydrogen-bond acceptors (Lipinski definition) is 4. The van der Waals surface area contributed by atoms with Gasteiger partial charge in [0.25, 0.3) is 0 Å². The minimum absolute atomic E-state index is 0.388. The fraction of sp³-hybridized carbons (Fsp3) is 0.500. The van der Waals surface area contributed by atoms with Gasteiger partial charge < -0.3 is 10.6 Å². The summed E-state index contributed by atoms with van der Waals surface area (Å²) in [7, 11) is 0. The standard InChI is InChI=1S/C10H14N4S/c1-7-3-2-6-14(7)10-8(9(11)15)4-5-12-13-10/h4-5,7H,2-3,6H2,1H3,(H2,11,15). The van der Waals surface area contributed by atoms with Crippen LogP contribution in [0.3, 0.4) is 0 Å². The van der Waals surface area contributed by atoms with Gasteiger partial charge in [0.1, 0.15) is 4.99 Å². The summed E-state index contributed by atoms with van der Waals surface area (Å²) in [6, 6.07) is 2.32. The van der Waals surface area contributed by atoms with E-state index >= 15 is 0 Å². The molecule has 0 saturated carbocycles. The first-order chi connectivity index (χ1) is 7.20. The normalized spacial score (nSPS) is 20.6. The molecule has 0 bridgehead atoms. The second kappa shape index (κ2) is 4.10. The second-order valence-electron chi connectivity index (χ2n) is 3.82. The van der Waals surface area contributed by atoms with Crippen LogP contribution in [0.1, 0.15) is 25.3 Å². The van der Waals surface area contributed by atoms with Gasteiger partial charge in [0, 0.05) is 12.6 Å². The molecule has 0 aromatic carbocycles. The molecule has 1 unspecified atom stereocenters. The highest BCUT2D eigenvalue weighted by Crippen LogP contribution is 2.25. The lowest BCUT2D eigenvalue weighted by Crippen LogP contribution is -2.30. The molecule has 1 aliphatic rings. The Morgan fingerprint density at radius 2 is 2.47 bits per heavy atom. The van der Waals surface area contributed by atoms with Crippen molar-refractivity contribution in [1.82, 2.24) is 10.2 Å². The van der Waals surface area contributed by atoms with E-state index in [1.54, 1.807) is 6.20 Å². The van der Waals surface area contributed by atoms with Crippen molar-refractivity contribution >= 4 is 23.0 Å². The van der Waals surface area contributed by atoms with Crippen molar-refractivity contribution < 1.29 is 0 Å². The lowest BCUT2D eigenvalue weighted by molar-refractivity contribution is 0.720. The summed E-state index contributed by atoms with van der Waals surface area (Å²) in [5.41, 5.74) is 6.49. The first-order valence-electron chi connectivity index (χ1n) is 5.08. The van der Waals surface area contributed by atoms with Crippen LogP contribution in [0.15, 0.2) is 12.3 Å². The summed E-state index contributed by atoms with van der Waals surface area (Å²) in [4.78, 5) is 2.61. The van der Waals surface area contributed by atoms with Crippen molar-refractivity contribution in [2.75, 3.05) is 11.4 Å². The number of thiocarbonyl (C=S) groups is 1. The van der Waals surface area contributed by atoms with E-state index in [4.69, 9.17) is 18.0 Å². The molecule has 1 atom stereocenters. The first-order valence-corrected chi connectivity index (χ1v) is 5.49. The van der Waals surface area contributed by atoms with Gasteiger partial charge in [-0.15, -0.1) is 5.10 Å². The number of nitrogens with two attached hydrogens (primary N) is 1. The fourth-order valence-electron chi connectivity index (χ4n) is 1.98. The van der Waals surface area contributed by atoms with Gasteiger partial charge in [0.2, 0.25) is 0 Å². The largest absolute Gasteiger partial charge is 0.389 e. The number of rotatable bonds is 2. The SMILES string of the molecule is CC1CCCN1c1nnccc1C(N)=S. The van der Waals surface area contributed by atoms with Crippen LogP contribution in [-0.2, 0) is 0 Å². The summed E-state index contributed by atoms with van der Waals surface area (Å²) >= 11 is 5.01. The van der Waals surface area contributed by atoms with Crippen molar-refractivity contribution in [2.45, 2.75) is 25.8 Å². The van der Waals surface area contributed by atoms with Crippen LogP contribution in [0, 0.1) is 0 Å². The summed E-state index contributed by atoms with van der Waals surface area (Å²) in [6.45, 7) is 3.19. The zero-order valence-electron chi connectivity index (χ0n) is 8.68. The van der Waals surface area contributed by atoms with Gasteiger partial charge in [0.05, 0.1) is 11.8 Å². The Hall–Kier alpha value is -1.23. The molecule has 5 heteroatoms. The van der Waals surface area contributed by atoms with E-state index in [-0.39, 0.29) is 0 Å². The van der Waals surface area contributed by atoms with Gasteiger partial charge in [-0.3, -0.25) is 0 Å². The predicted molar refractivity (Wildman–Crippen MR) is 64.0 cm³/mol. The molecule has 0 spiro atoms. The number of aromatic nitrogens is 2. The molecule has 0 amide bonds. The Labute approximate surface area is 94.5 Å². The van der Waals surface area contributed by atoms with E-state index in [0.29, 0.717) is 11.0 Å². The van der Waals surface area contributed by atoms with Crippen molar-refractivity contribution in [3.63, 3.8) is 0 Å². The molecule has 1 saturated heterocycles. The molecule has 4 nitrogen and oxygen atoms in total. The molecule has 1 aromatic rings. The van der Waals surface area contributed by atoms with Gasteiger partial charge in [-0.1, -0.05) is 12.2 Å². The molecule has 1 aromatic heterocycles. The molecule has 2 N–H and O–H groups in total. The average molecular weight is 222 g/mol. The zero-order chi connectivity index (χ0) is 10.8. The summed E-state index contributed by atoms with van der Waals surface area (Å²) < 4.78 is 0. The van der Waals surface area contributed by atoms with Crippen molar-refractivity contribution in [2.24, 2.45) is 5.73 Å². The molecule has 0 radical (unpaired) electrons. The number of nitrogens with zero attached hydrogens (tertiary/aromatic N) is 3. The highest BCUT2D eigenvalue weighted by Gasteiger charge is 2.24. The molecule has 0 aliphatic carbocycles. The Kier molecular flexibility index (Phi) is 2.81. The Balaban J connectivity index is 2.38. The summed E-state index contributed by atoms with van der Waals surface area (Å²) in [6.07, 6.45) is 4.00. The summed E-state index contributed by atoms with van der Waals surface area (Å²) in [5.74, 6) is 0.829. The first kappa shape index (κ1) is 10.3. The maximum absolute atomic E-state index is 5.66.